The van der Waals surface area contributed by atoms with E-state index in [9.17, 15) is 9.59 Å². The first kappa shape index (κ1) is 13.8. The fourth-order valence-corrected chi connectivity index (χ4v) is 2.89. The van der Waals surface area contributed by atoms with E-state index in [-0.39, 0.29) is 17.7 Å². The number of carbonyl (C=O) groups is 2. The Balaban J connectivity index is 1.45. The van der Waals surface area contributed by atoms with E-state index < -0.39 is 0 Å². The maximum absolute atomic E-state index is 12.0. The molecule has 2 amide bonds. The number of carbonyl (C=O) groups excluding carboxylic acids is 2. The van der Waals surface area contributed by atoms with Crippen molar-refractivity contribution in [2.24, 2.45) is 5.92 Å². The van der Waals surface area contributed by atoms with Gasteiger partial charge in [-0.2, -0.15) is 0 Å². The summed E-state index contributed by atoms with van der Waals surface area (Å²) in [6.07, 6.45) is 3.40. The Bertz CT molecular complexity index is 622. The second kappa shape index (κ2) is 6.05. The zero-order chi connectivity index (χ0) is 14.7. The van der Waals surface area contributed by atoms with E-state index in [4.69, 9.17) is 0 Å². The molecular formula is C15H15N3O2S. The maximum Gasteiger partial charge on any atom is 0.263 e. The van der Waals surface area contributed by atoms with E-state index in [1.807, 2.05) is 29.6 Å². The Labute approximate surface area is 126 Å². The number of nitrogens with zero attached hydrogens (tertiary/aromatic N) is 2. The van der Waals surface area contributed by atoms with Crippen molar-refractivity contribution in [3.05, 3.63) is 52.5 Å². The fourth-order valence-electron chi connectivity index (χ4n) is 2.20. The van der Waals surface area contributed by atoms with Gasteiger partial charge in [-0.1, -0.05) is 6.07 Å². The molecule has 3 heterocycles. The summed E-state index contributed by atoms with van der Waals surface area (Å²) in [5, 5.41) is 4.77. The second-order valence-electron chi connectivity index (χ2n) is 4.96. The van der Waals surface area contributed by atoms with Crippen LogP contribution in [-0.4, -0.2) is 34.8 Å². The molecule has 0 bridgehead atoms. The van der Waals surface area contributed by atoms with Gasteiger partial charge in [0.15, 0.2) is 0 Å². The molecule has 1 N–H and O–H groups in total. The number of likely N-dealkylation sites (tertiary alicyclic amines) is 1. The number of pyridine rings is 1. The predicted molar refractivity (Wildman–Crippen MR) is 79.8 cm³/mol. The molecule has 0 spiro atoms. The van der Waals surface area contributed by atoms with Crippen molar-refractivity contribution in [1.82, 2.24) is 15.2 Å². The first-order valence-corrected chi connectivity index (χ1v) is 7.61. The van der Waals surface area contributed by atoms with Crippen LogP contribution in [0.5, 0.6) is 0 Å². The van der Waals surface area contributed by atoms with E-state index in [0.29, 0.717) is 19.6 Å². The van der Waals surface area contributed by atoms with Crippen LogP contribution in [0.1, 0.15) is 15.2 Å². The third-order valence-electron chi connectivity index (χ3n) is 3.49. The van der Waals surface area contributed by atoms with Crippen LogP contribution in [0, 0.1) is 5.92 Å². The van der Waals surface area contributed by atoms with E-state index in [2.05, 4.69) is 10.3 Å². The molecule has 0 saturated carbocycles. The van der Waals surface area contributed by atoms with Gasteiger partial charge in [0.05, 0.1) is 10.8 Å². The van der Waals surface area contributed by atoms with Gasteiger partial charge in [0.25, 0.3) is 5.91 Å². The van der Waals surface area contributed by atoms with Crippen LogP contribution < -0.4 is 5.32 Å². The minimum absolute atomic E-state index is 0.00189. The molecule has 108 valence electrons. The number of rotatable bonds is 4. The number of hydrogen-bond donors (Lipinski definition) is 1. The Kier molecular flexibility index (Phi) is 3.96. The van der Waals surface area contributed by atoms with Gasteiger partial charge in [-0.3, -0.25) is 14.6 Å². The van der Waals surface area contributed by atoms with Crippen LogP contribution >= 0.6 is 11.3 Å². The number of amides is 2. The van der Waals surface area contributed by atoms with Crippen molar-refractivity contribution in [2.75, 3.05) is 13.1 Å². The second-order valence-corrected chi connectivity index (χ2v) is 5.91. The van der Waals surface area contributed by atoms with Gasteiger partial charge in [0, 0.05) is 32.0 Å². The number of hydrogen-bond acceptors (Lipinski definition) is 4. The molecule has 0 atom stereocenters. The fraction of sp³-hybridized carbons (Fsp3) is 0.267. The molecule has 1 aliphatic rings. The highest BCUT2D eigenvalue weighted by Gasteiger charge is 2.36. The molecule has 2 aromatic heterocycles. The lowest BCUT2D eigenvalue weighted by Crippen LogP contribution is -2.55. The molecule has 1 fully saturated rings. The highest BCUT2D eigenvalue weighted by molar-refractivity contribution is 7.12. The molecule has 2 aromatic rings. The molecule has 1 aliphatic heterocycles. The summed E-state index contributed by atoms with van der Waals surface area (Å²) in [6.45, 7) is 1.49. The van der Waals surface area contributed by atoms with Crippen LogP contribution in [-0.2, 0) is 11.3 Å². The first-order valence-electron chi connectivity index (χ1n) is 6.73. The van der Waals surface area contributed by atoms with Gasteiger partial charge in [-0.15, -0.1) is 11.3 Å². The Hall–Kier alpha value is -2.21. The Morgan fingerprint density at radius 1 is 1.29 bits per heavy atom. The molecular weight excluding hydrogens is 286 g/mol. The molecule has 5 nitrogen and oxygen atoms in total. The summed E-state index contributed by atoms with van der Waals surface area (Å²) in [4.78, 5) is 30.4. The molecule has 1 saturated heterocycles. The summed E-state index contributed by atoms with van der Waals surface area (Å²) < 4.78 is 0. The van der Waals surface area contributed by atoms with Crippen molar-refractivity contribution >= 4 is 23.2 Å². The summed E-state index contributed by atoms with van der Waals surface area (Å²) in [6, 6.07) is 7.40. The summed E-state index contributed by atoms with van der Waals surface area (Å²) >= 11 is 1.43. The lowest BCUT2D eigenvalue weighted by molar-refractivity contribution is -0.129. The van der Waals surface area contributed by atoms with Crippen LogP contribution in [0.3, 0.4) is 0 Å². The summed E-state index contributed by atoms with van der Waals surface area (Å²) in [5.41, 5.74) is 1.02. The van der Waals surface area contributed by atoms with Crippen molar-refractivity contribution in [2.45, 2.75) is 6.54 Å². The molecule has 3 rings (SSSR count). The molecule has 0 radical (unpaired) electrons. The lowest BCUT2D eigenvalue weighted by Gasteiger charge is -2.37. The number of nitrogens with one attached hydrogen (secondary N) is 1. The van der Waals surface area contributed by atoms with E-state index in [1.54, 1.807) is 17.3 Å². The summed E-state index contributed by atoms with van der Waals surface area (Å²) in [7, 11) is 0. The van der Waals surface area contributed by atoms with E-state index in [1.165, 1.54) is 11.3 Å². The Morgan fingerprint density at radius 2 is 2.05 bits per heavy atom. The van der Waals surface area contributed by atoms with Gasteiger partial charge in [0.2, 0.25) is 5.91 Å². The molecule has 0 aliphatic carbocycles. The van der Waals surface area contributed by atoms with Crippen LogP contribution in [0.2, 0.25) is 0 Å². The SMILES string of the molecule is O=C(NCc1ccncc1)C1CN(C(=O)c2cccs2)C1. The van der Waals surface area contributed by atoms with Crippen molar-refractivity contribution in [3.8, 4) is 0 Å². The van der Waals surface area contributed by atoms with Crippen molar-refractivity contribution in [3.63, 3.8) is 0 Å². The topological polar surface area (TPSA) is 62.3 Å². The first-order chi connectivity index (χ1) is 10.2. The van der Waals surface area contributed by atoms with Gasteiger partial charge >= 0.3 is 0 Å². The average molecular weight is 301 g/mol. The maximum atomic E-state index is 12.0. The molecule has 21 heavy (non-hydrogen) atoms. The van der Waals surface area contributed by atoms with E-state index in [0.717, 1.165) is 10.4 Å². The van der Waals surface area contributed by atoms with Crippen molar-refractivity contribution in [1.29, 1.82) is 0 Å². The highest BCUT2D eigenvalue weighted by atomic mass is 32.1. The smallest absolute Gasteiger partial charge is 0.263 e. The van der Waals surface area contributed by atoms with Crippen LogP contribution in [0.25, 0.3) is 0 Å². The van der Waals surface area contributed by atoms with Crippen LogP contribution in [0.15, 0.2) is 42.0 Å². The van der Waals surface area contributed by atoms with Crippen LogP contribution in [0.4, 0.5) is 0 Å². The molecule has 6 heteroatoms. The zero-order valence-electron chi connectivity index (χ0n) is 11.4. The number of thiophene rings is 1. The largest absolute Gasteiger partial charge is 0.352 e. The minimum atomic E-state index is -0.101. The predicted octanol–water partition coefficient (Wildman–Crippen LogP) is 1.53. The third-order valence-corrected chi connectivity index (χ3v) is 4.35. The number of aromatic nitrogens is 1. The van der Waals surface area contributed by atoms with Gasteiger partial charge in [-0.05, 0) is 29.1 Å². The van der Waals surface area contributed by atoms with Crippen molar-refractivity contribution < 1.29 is 9.59 Å². The zero-order valence-corrected chi connectivity index (χ0v) is 12.2. The minimum Gasteiger partial charge on any atom is -0.352 e. The lowest BCUT2D eigenvalue weighted by atomic mass is 9.99. The van der Waals surface area contributed by atoms with E-state index >= 15 is 0 Å². The van der Waals surface area contributed by atoms with Gasteiger partial charge in [-0.25, -0.2) is 0 Å². The third kappa shape index (κ3) is 3.11. The standard InChI is InChI=1S/C15H15N3O2S/c19-14(17-8-11-3-5-16-6-4-11)12-9-18(10-12)15(20)13-2-1-7-21-13/h1-7,12H,8-10H2,(H,17,19). The monoisotopic (exact) mass is 301 g/mol. The average Bonchev–Trinajstić information content (AvgIpc) is 2.98. The highest BCUT2D eigenvalue weighted by Crippen LogP contribution is 2.21. The van der Waals surface area contributed by atoms with Gasteiger partial charge < -0.3 is 10.2 Å². The Morgan fingerprint density at radius 3 is 2.71 bits per heavy atom. The quantitative estimate of drug-likeness (QED) is 0.931. The summed E-state index contributed by atoms with van der Waals surface area (Å²) in [5.74, 6) is -0.0824. The molecule has 0 unspecified atom stereocenters. The molecule has 0 aromatic carbocycles. The van der Waals surface area contributed by atoms with Gasteiger partial charge in [0.1, 0.15) is 0 Å². The normalized spacial score (nSPS) is 14.6.